The molecule has 1 rings (SSSR count). The van der Waals surface area contributed by atoms with Gasteiger partial charge in [-0.25, -0.2) is 13.6 Å². The zero-order valence-corrected chi connectivity index (χ0v) is 11.4. The van der Waals surface area contributed by atoms with E-state index in [1.54, 1.807) is 18.2 Å². The van der Waals surface area contributed by atoms with E-state index in [4.69, 9.17) is 10.9 Å². The van der Waals surface area contributed by atoms with Crippen LogP contribution in [0.4, 0.5) is 0 Å². The summed E-state index contributed by atoms with van der Waals surface area (Å²) >= 11 is 0. The van der Waals surface area contributed by atoms with Gasteiger partial charge in [-0.2, -0.15) is 0 Å². The van der Waals surface area contributed by atoms with Gasteiger partial charge in [-0.3, -0.25) is 4.99 Å². The van der Waals surface area contributed by atoms with Crippen molar-refractivity contribution in [1.29, 1.82) is 0 Å². The van der Waals surface area contributed by atoms with Crippen LogP contribution in [-0.2, 0) is 16.4 Å². The molecule has 0 atom stereocenters. The predicted octanol–water partition coefficient (Wildman–Crippen LogP) is -0.0332. The number of nitrogens with zero attached hydrogens (tertiary/aromatic N) is 1. The standard InChI is InChI=1S/C12H18N4O2S/c1-2-8-15-12(13)16-9-7-10-3-5-11(6-4-10)19(14,17)18/h2-6H,1,7-9H2,(H3,13,15,16)(H2,14,17,18). The number of hydrogen-bond acceptors (Lipinski definition) is 3. The Kier molecular flexibility index (Phi) is 5.53. The summed E-state index contributed by atoms with van der Waals surface area (Å²) in [5, 5.41) is 7.87. The van der Waals surface area contributed by atoms with Crippen LogP contribution >= 0.6 is 0 Å². The molecule has 0 fully saturated rings. The second-order valence-corrected chi connectivity index (χ2v) is 5.44. The Hall–Kier alpha value is -1.86. The highest BCUT2D eigenvalue weighted by Crippen LogP contribution is 2.09. The summed E-state index contributed by atoms with van der Waals surface area (Å²) in [6, 6.07) is 6.38. The number of rotatable bonds is 6. The van der Waals surface area contributed by atoms with E-state index in [9.17, 15) is 8.42 Å². The highest BCUT2D eigenvalue weighted by atomic mass is 32.2. The van der Waals surface area contributed by atoms with E-state index >= 15 is 0 Å². The van der Waals surface area contributed by atoms with E-state index < -0.39 is 10.0 Å². The maximum Gasteiger partial charge on any atom is 0.238 e. The molecule has 0 amide bonds. The molecule has 0 spiro atoms. The van der Waals surface area contributed by atoms with Gasteiger partial charge in [0.1, 0.15) is 0 Å². The molecular formula is C12H18N4O2S. The van der Waals surface area contributed by atoms with Crippen LogP contribution < -0.4 is 16.2 Å². The third kappa shape index (κ3) is 5.54. The molecule has 5 N–H and O–H groups in total. The average Bonchev–Trinajstić information content (AvgIpc) is 2.36. The summed E-state index contributed by atoms with van der Waals surface area (Å²) in [7, 11) is -3.63. The number of aliphatic imine (C=N–C) groups is 1. The lowest BCUT2D eigenvalue weighted by Crippen LogP contribution is -2.31. The van der Waals surface area contributed by atoms with Crippen LogP contribution in [0.15, 0.2) is 46.8 Å². The minimum atomic E-state index is -3.63. The number of sulfonamides is 1. The Morgan fingerprint density at radius 3 is 2.53 bits per heavy atom. The summed E-state index contributed by atoms with van der Waals surface area (Å²) in [6.07, 6.45) is 2.36. The number of hydrogen-bond donors (Lipinski definition) is 3. The van der Waals surface area contributed by atoms with Crippen molar-refractivity contribution in [3.8, 4) is 0 Å². The van der Waals surface area contributed by atoms with Crippen molar-refractivity contribution < 1.29 is 8.42 Å². The van der Waals surface area contributed by atoms with Crippen LogP contribution in [0.25, 0.3) is 0 Å². The third-order valence-electron chi connectivity index (χ3n) is 2.36. The van der Waals surface area contributed by atoms with Gasteiger partial charge in [0, 0.05) is 13.1 Å². The molecule has 104 valence electrons. The molecule has 0 aliphatic rings. The minimum absolute atomic E-state index is 0.104. The van der Waals surface area contributed by atoms with Gasteiger partial charge in [-0.05, 0) is 24.1 Å². The fourth-order valence-corrected chi connectivity index (χ4v) is 1.90. The maximum absolute atomic E-state index is 11.1. The Balaban J connectivity index is 2.53. The van der Waals surface area contributed by atoms with Crippen LogP contribution in [-0.4, -0.2) is 27.5 Å². The number of guanidine groups is 1. The van der Waals surface area contributed by atoms with Gasteiger partial charge in [0.05, 0.1) is 4.90 Å². The number of nitrogens with two attached hydrogens (primary N) is 2. The molecule has 0 heterocycles. The van der Waals surface area contributed by atoms with Crippen LogP contribution in [0.3, 0.4) is 0 Å². The molecule has 1 aromatic rings. The fraction of sp³-hybridized carbons (Fsp3) is 0.250. The Morgan fingerprint density at radius 2 is 2.00 bits per heavy atom. The highest BCUT2D eigenvalue weighted by molar-refractivity contribution is 7.89. The van der Waals surface area contributed by atoms with Crippen molar-refractivity contribution in [2.24, 2.45) is 15.9 Å². The number of nitrogens with one attached hydrogen (secondary N) is 1. The van der Waals surface area contributed by atoms with Crippen LogP contribution in [0.1, 0.15) is 5.56 Å². The zero-order valence-electron chi connectivity index (χ0n) is 10.5. The molecule has 0 unspecified atom stereocenters. The second kappa shape index (κ2) is 6.91. The molecule has 1 aromatic carbocycles. The molecule has 0 bridgehead atoms. The van der Waals surface area contributed by atoms with Gasteiger partial charge in [0.15, 0.2) is 5.96 Å². The topological polar surface area (TPSA) is 111 Å². The second-order valence-electron chi connectivity index (χ2n) is 3.88. The van der Waals surface area contributed by atoms with E-state index in [1.165, 1.54) is 12.1 Å². The van der Waals surface area contributed by atoms with Crippen molar-refractivity contribution in [3.05, 3.63) is 42.5 Å². The first-order valence-electron chi connectivity index (χ1n) is 5.70. The lowest BCUT2D eigenvalue weighted by molar-refractivity contribution is 0.598. The molecule has 6 nitrogen and oxygen atoms in total. The van der Waals surface area contributed by atoms with Gasteiger partial charge in [0.25, 0.3) is 0 Å². The summed E-state index contributed by atoms with van der Waals surface area (Å²) < 4.78 is 22.1. The molecule has 19 heavy (non-hydrogen) atoms. The molecule has 0 radical (unpaired) electrons. The van der Waals surface area contributed by atoms with Gasteiger partial charge in [0.2, 0.25) is 10.0 Å². The summed E-state index contributed by atoms with van der Waals surface area (Å²) in [6.45, 7) is 4.64. The first-order valence-corrected chi connectivity index (χ1v) is 7.24. The van der Waals surface area contributed by atoms with Crippen LogP contribution in [0.5, 0.6) is 0 Å². The van der Waals surface area contributed by atoms with Crippen molar-refractivity contribution in [1.82, 2.24) is 5.32 Å². The minimum Gasteiger partial charge on any atom is -0.370 e. The molecule has 0 aliphatic heterocycles. The molecule has 0 saturated carbocycles. The normalized spacial score (nSPS) is 12.2. The molecule has 0 saturated heterocycles. The van der Waals surface area contributed by atoms with Crippen molar-refractivity contribution in [2.45, 2.75) is 11.3 Å². The van der Waals surface area contributed by atoms with E-state index in [2.05, 4.69) is 16.9 Å². The Morgan fingerprint density at radius 1 is 1.37 bits per heavy atom. The van der Waals surface area contributed by atoms with Crippen molar-refractivity contribution in [2.75, 3.05) is 13.1 Å². The predicted molar refractivity (Wildman–Crippen MR) is 76.2 cm³/mol. The lowest BCUT2D eigenvalue weighted by Gasteiger charge is -2.03. The van der Waals surface area contributed by atoms with Crippen LogP contribution in [0.2, 0.25) is 0 Å². The number of primary sulfonamides is 1. The van der Waals surface area contributed by atoms with E-state index in [-0.39, 0.29) is 4.90 Å². The summed E-state index contributed by atoms with van der Waals surface area (Å²) in [5.41, 5.74) is 6.57. The maximum atomic E-state index is 11.1. The summed E-state index contributed by atoms with van der Waals surface area (Å²) in [5.74, 6) is 0.362. The largest absolute Gasteiger partial charge is 0.370 e. The van der Waals surface area contributed by atoms with Crippen molar-refractivity contribution in [3.63, 3.8) is 0 Å². The Bertz CT molecular complexity index is 550. The lowest BCUT2D eigenvalue weighted by atomic mass is 10.1. The monoisotopic (exact) mass is 282 g/mol. The molecular weight excluding hydrogens is 264 g/mol. The third-order valence-corrected chi connectivity index (χ3v) is 3.29. The summed E-state index contributed by atoms with van der Waals surface area (Å²) in [4.78, 5) is 4.22. The zero-order chi connectivity index (χ0) is 14.3. The van der Waals surface area contributed by atoms with Gasteiger partial charge in [-0.15, -0.1) is 6.58 Å². The van der Waals surface area contributed by atoms with E-state index in [1.807, 2.05) is 0 Å². The van der Waals surface area contributed by atoms with E-state index in [0.717, 1.165) is 5.56 Å². The highest BCUT2D eigenvalue weighted by Gasteiger charge is 2.06. The van der Waals surface area contributed by atoms with Crippen LogP contribution in [0, 0.1) is 0 Å². The molecule has 7 heteroatoms. The quantitative estimate of drug-likeness (QED) is 0.386. The first kappa shape index (κ1) is 15.2. The SMILES string of the molecule is C=CCNC(N)=NCCc1ccc(S(N)(=O)=O)cc1. The fourth-order valence-electron chi connectivity index (χ4n) is 1.38. The van der Waals surface area contributed by atoms with Gasteiger partial charge in [-0.1, -0.05) is 18.2 Å². The first-order chi connectivity index (χ1) is 8.93. The van der Waals surface area contributed by atoms with Gasteiger partial charge < -0.3 is 11.1 Å². The van der Waals surface area contributed by atoms with E-state index in [0.29, 0.717) is 25.5 Å². The average molecular weight is 282 g/mol. The molecule has 0 aromatic heterocycles. The van der Waals surface area contributed by atoms with Crippen molar-refractivity contribution >= 4 is 16.0 Å². The smallest absolute Gasteiger partial charge is 0.238 e. The Labute approximate surface area is 113 Å². The van der Waals surface area contributed by atoms with Gasteiger partial charge >= 0.3 is 0 Å². The molecule has 0 aliphatic carbocycles. The number of benzene rings is 1.